The van der Waals surface area contributed by atoms with Crippen LogP contribution in [-0.4, -0.2) is 24.7 Å². The maximum atomic E-state index is 14.0. The Balaban J connectivity index is 0.000000981. The maximum absolute atomic E-state index is 14.0. The molecular formula is C24H37BF5IO2. The van der Waals surface area contributed by atoms with Crippen LogP contribution < -0.4 is 21.2 Å². The topological polar surface area (TPSA) is 18.5 Å². The number of hydrogen-bond acceptors (Lipinski definition) is 2. The second-order valence-electron chi connectivity index (χ2n) is 9.30. The summed E-state index contributed by atoms with van der Waals surface area (Å²) in [5.74, 6) is 0.0779. The highest BCUT2D eigenvalue weighted by molar-refractivity contribution is 6.50. The normalized spacial score (nSPS) is 18.2. The predicted molar refractivity (Wildman–Crippen MR) is 120 cm³/mol. The second kappa shape index (κ2) is 14.0. The van der Waals surface area contributed by atoms with Crippen LogP contribution in [0.3, 0.4) is 0 Å². The van der Waals surface area contributed by atoms with E-state index in [-0.39, 0.29) is 44.5 Å². The van der Waals surface area contributed by atoms with Crippen LogP contribution in [-0.2, 0) is 9.47 Å². The number of benzene rings is 1. The SMILES string of the molecule is Cc1ccc([I+]/C=C(/F)CCCCCCCCC2OC(C)(C)C(C)(C)O2)cc1.F[B-](F)(F)F. The lowest BCUT2D eigenvalue weighted by Crippen LogP contribution is -3.59. The Hall–Kier alpha value is -0.675. The average molecular weight is 590 g/mol. The van der Waals surface area contributed by atoms with E-state index in [4.69, 9.17) is 9.47 Å². The molecule has 0 radical (unpaired) electrons. The first-order valence-corrected chi connectivity index (χ1v) is 13.8. The Bertz CT molecular complexity index is 699. The highest BCUT2D eigenvalue weighted by Gasteiger charge is 2.48. The van der Waals surface area contributed by atoms with Gasteiger partial charge in [-0.1, -0.05) is 43.4 Å². The summed E-state index contributed by atoms with van der Waals surface area (Å²) in [5, 5.41) is 0. The van der Waals surface area contributed by atoms with Crippen molar-refractivity contribution in [1.29, 1.82) is 0 Å². The van der Waals surface area contributed by atoms with Crippen LogP contribution in [0.2, 0.25) is 0 Å². The molecule has 33 heavy (non-hydrogen) atoms. The number of aryl methyl sites for hydroxylation is 1. The molecule has 0 amide bonds. The van der Waals surface area contributed by atoms with Gasteiger partial charge in [-0.15, -0.1) is 0 Å². The van der Waals surface area contributed by atoms with Gasteiger partial charge in [0.05, 0.1) is 11.2 Å². The number of allylic oxidation sites excluding steroid dienone is 1. The molecule has 0 atom stereocenters. The molecule has 0 saturated carbocycles. The largest absolute Gasteiger partial charge is 0.673 e. The van der Waals surface area contributed by atoms with Crippen molar-refractivity contribution in [1.82, 2.24) is 0 Å². The lowest BCUT2D eigenvalue weighted by molar-refractivity contribution is -0.558. The molecule has 0 aromatic heterocycles. The molecule has 190 valence electrons. The molecule has 1 aromatic carbocycles. The third-order valence-corrected chi connectivity index (χ3v) is 8.14. The number of ether oxygens (including phenoxy) is 2. The van der Waals surface area contributed by atoms with Crippen LogP contribution in [0.4, 0.5) is 21.7 Å². The third kappa shape index (κ3) is 13.7. The van der Waals surface area contributed by atoms with Crippen molar-refractivity contribution in [2.75, 3.05) is 0 Å². The monoisotopic (exact) mass is 590 g/mol. The summed E-state index contributed by atoms with van der Waals surface area (Å²) in [6, 6.07) is 8.45. The average Bonchev–Trinajstić information content (AvgIpc) is 2.88. The first-order valence-electron chi connectivity index (χ1n) is 11.5. The van der Waals surface area contributed by atoms with Gasteiger partial charge in [0.15, 0.2) is 13.9 Å². The van der Waals surface area contributed by atoms with Gasteiger partial charge in [-0.2, -0.15) is 0 Å². The molecule has 0 N–H and O–H groups in total. The van der Waals surface area contributed by atoms with E-state index in [1.54, 1.807) is 0 Å². The standard InChI is InChI=1S/C24H37FIO2.BF4/c1-19-14-16-21(17-15-19)26-18-20(25)12-10-8-6-7-9-11-13-22-27-23(2,3)24(4,5)28-22;2-1(3,4)5/h14-18,22H,6-13H2,1-5H3;/q+1;-1/b20-18+;. The molecule has 0 unspecified atom stereocenters. The van der Waals surface area contributed by atoms with E-state index in [2.05, 4.69) is 58.9 Å². The summed E-state index contributed by atoms with van der Waals surface area (Å²) in [7, 11) is -6.00. The van der Waals surface area contributed by atoms with E-state index in [0.717, 1.165) is 25.7 Å². The van der Waals surface area contributed by atoms with Gasteiger partial charge in [-0.05, 0) is 66.0 Å². The lowest BCUT2D eigenvalue weighted by atomic mass is 9.90. The zero-order valence-electron chi connectivity index (χ0n) is 20.3. The molecule has 1 fully saturated rings. The van der Waals surface area contributed by atoms with Crippen LogP contribution in [0.15, 0.2) is 34.2 Å². The van der Waals surface area contributed by atoms with Gasteiger partial charge in [0.25, 0.3) is 0 Å². The van der Waals surface area contributed by atoms with Gasteiger partial charge in [0.1, 0.15) is 5.83 Å². The highest BCUT2D eigenvalue weighted by atomic mass is 127. The molecule has 0 aliphatic carbocycles. The van der Waals surface area contributed by atoms with Gasteiger partial charge in [-0.3, -0.25) is 0 Å². The van der Waals surface area contributed by atoms with Crippen LogP contribution in [0.5, 0.6) is 0 Å². The Kier molecular flexibility index (Phi) is 12.9. The quantitative estimate of drug-likeness (QED) is 0.149. The molecule has 1 aliphatic rings. The van der Waals surface area contributed by atoms with Gasteiger partial charge < -0.3 is 26.7 Å². The van der Waals surface area contributed by atoms with Crippen molar-refractivity contribution in [3.63, 3.8) is 0 Å². The Labute approximate surface area is 206 Å². The van der Waals surface area contributed by atoms with E-state index in [0.29, 0.717) is 6.42 Å². The van der Waals surface area contributed by atoms with Crippen molar-refractivity contribution in [2.45, 2.75) is 103 Å². The van der Waals surface area contributed by atoms with Crippen molar-refractivity contribution in [2.24, 2.45) is 0 Å². The van der Waals surface area contributed by atoms with Crippen molar-refractivity contribution >= 4 is 7.25 Å². The van der Waals surface area contributed by atoms with Crippen molar-refractivity contribution in [3.05, 3.63) is 43.3 Å². The fourth-order valence-electron chi connectivity index (χ4n) is 3.18. The van der Waals surface area contributed by atoms with E-state index < -0.39 is 7.25 Å². The first-order chi connectivity index (χ1) is 15.2. The maximum Gasteiger partial charge on any atom is 0.673 e. The molecule has 1 saturated heterocycles. The number of rotatable bonds is 11. The zero-order chi connectivity index (χ0) is 25.1. The summed E-state index contributed by atoms with van der Waals surface area (Å²) in [6.45, 7) is 10.5. The fraction of sp³-hybridized carbons (Fsp3) is 0.667. The molecule has 0 spiro atoms. The molecule has 1 aromatic rings. The number of hydrogen-bond donors (Lipinski definition) is 0. The Morgan fingerprint density at radius 1 is 0.879 bits per heavy atom. The summed E-state index contributed by atoms with van der Waals surface area (Å²) < 4.78 is 68.1. The number of unbranched alkanes of at least 4 members (excludes halogenated alkanes) is 5. The summed E-state index contributed by atoms with van der Waals surface area (Å²) in [4.78, 5) is 0. The van der Waals surface area contributed by atoms with E-state index in [1.165, 1.54) is 28.4 Å². The zero-order valence-corrected chi connectivity index (χ0v) is 22.4. The molecule has 2 rings (SSSR count). The minimum atomic E-state index is -6.00. The van der Waals surface area contributed by atoms with Crippen molar-refractivity contribution in [3.8, 4) is 0 Å². The van der Waals surface area contributed by atoms with Crippen LogP contribution in [0, 0.1) is 10.5 Å². The predicted octanol–water partition coefficient (Wildman–Crippen LogP) is 5.42. The summed E-state index contributed by atoms with van der Waals surface area (Å²) in [5.41, 5.74) is 0.807. The summed E-state index contributed by atoms with van der Waals surface area (Å²) in [6.07, 6.45) is 8.28. The van der Waals surface area contributed by atoms with Crippen molar-refractivity contribution < 1.29 is 52.3 Å². The lowest BCUT2D eigenvalue weighted by Gasteiger charge is -2.30. The third-order valence-electron chi connectivity index (χ3n) is 5.72. The molecule has 1 aliphatic heterocycles. The molecule has 2 nitrogen and oxygen atoms in total. The summed E-state index contributed by atoms with van der Waals surface area (Å²) >= 11 is -0.341. The van der Waals surface area contributed by atoms with E-state index >= 15 is 0 Å². The minimum absolute atomic E-state index is 0.0685. The molecule has 1 heterocycles. The van der Waals surface area contributed by atoms with Crippen LogP contribution in [0.1, 0.15) is 84.6 Å². The van der Waals surface area contributed by atoms with E-state index in [9.17, 15) is 21.7 Å². The highest BCUT2D eigenvalue weighted by Crippen LogP contribution is 2.39. The second-order valence-corrected chi connectivity index (χ2v) is 11.8. The molecule has 0 bridgehead atoms. The Morgan fingerprint density at radius 3 is 1.85 bits per heavy atom. The van der Waals surface area contributed by atoms with Gasteiger partial charge in [0.2, 0.25) is 0 Å². The molecular weight excluding hydrogens is 553 g/mol. The number of halogens is 6. The fourth-order valence-corrected chi connectivity index (χ4v) is 4.96. The first kappa shape index (κ1) is 30.4. The Morgan fingerprint density at radius 2 is 1.33 bits per heavy atom. The van der Waals surface area contributed by atoms with Crippen LogP contribution in [0.25, 0.3) is 0 Å². The minimum Gasteiger partial charge on any atom is -0.418 e. The van der Waals surface area contributed by atoms with Gasteiger partial charge in [0, 0.05) is 6.42 Å². The van der Waals surface area contributed by atoms with Gasteiger partial charge in [-0.25, -0.2) is 4.39 Å². The smallest absolute Gasteiger partial charge is 0.418 e. The van der Waals surface area contributed by atoms with E-state index in [1.807, 2.05) is 4.08 Å². The van der Waals surface area contributed by atoms with Gasteiger partial charge >= 0.3 is 28.5 Å². The van der Waals surface area contributed by atoms with Crippen LogP contribution >= 0.6 is 0 Å². The molecule has 9 heteroatoms.